The van der Waals surface area contributed by atoms with Crippen molar-refractivity contribution in [3.8, 4) is 17.2 Å². The molecule has 144 valence electrons. The van der Waals surface area contributed by atoms with Crippen molar-refractivity contribution in [1.29, 1.82) is 0 Å². The van der Waals surface area contributed by atoms with Gasteiger partial charge in [0, 0.05) is 16.7 Å². The van der Waals surface area contributed by atoms with E-state index in [0.717, 1.165) is 37.3 Å². The third-order valence-electron chi connectivity index (χ3n) is 5.56. The van der Waals surface area contributed by atoms with E-state index in [4.69, 9.17) is 4.42 Å². The zero-order valence-electron chi connectivity index (χ0n) is 14.5. The van der Waals surface area contributed by atoms with Crippen molar-refractivity contribution >= 4 is 17.0 Å². The van der Waals surface area contributed by atoms with Crippen LogP contribution >= 0.6 is 0 Å². The number of phenols is 1. The molecule has 3 aromatic rings. The smallest absolute Gasteiger partial charge is 0.416 e. The van der Waals surface area contributed by atoms with E-state index in [9.17, 15) is 23.1 Å². The van der Waals surface area contributed by atoms with Gasteiger partial charge in [-0.25, -0.2) is 4.98 Å². The van der Waals surface area contributed by atoms with Gasteiger partial charge in [-0.15, -0.1) is 0 Å². The number of aromatic hydroxyl groups is 1. The molecule has 8 heteroatoms. The Labute approximate surface area is 157 Å². The van der Waals surface area contributed by atoms with Gasteiger partial charge >= 0.3 is 6.18 Å². The van der Waals surface area contributed by atoms with Crippen molar-refractivity contribution in [2.45, 2.75) is 31.0 Å². The quantitative estimate of drug-likeness (QED) is 0.693. The molecule has 0 saturated heterocycles. The van der Waals surface area contributed by atoms with Gasteiger partial charge in [0.15, 0.2) is 5.58 Å². The Morgan fingerprint density at radius 1 is 1.18 bits per heavy atom. The fourth-order valence-electron chi connectivity index (χ4n) is 4.03. The molecule has 3 saturated carbocycles. The Balaban J connectivity index is 1.47. The van der Waals surface area contributed by atoms with Gasteiger partial charge in [-0.3, -0.25) is 4.79 Å². The van der Waals surface area contributed by atoms with Crippen LogP contribution in [-0.2, 0) is 6.18 Å². The maximum atomic E-state index is 13.0. The normalized spacial score (nSPS) is 23.2. The van der Waals surface area contributed by atoms with Gasteiger partial charge in [-0.2, -0.15) is 13.2 Å². The molecule has 3 fully saturated rings. The Bertz CT molecular complexity index is 1100. The molecule has 3 aliphatic rings. The van der Waals surface area contributed by atoms with Crippen molar-refractivity contribution in [3.05, 3.63) is 47.5 Å². The molecule has 5 nitrogen and oxygen atoms in total. The van der Waals surface area contributed by atoms with E-state index in [1.807, 2.05) is 0 Å². The summed E-state index contributed by atoms with van der Waals surface area (Å²) in [5.41, 5.74) is 0.0724. The van der Waals surface area contributed by atoms with Gasteiger partial charge in [-0.05, 0) is 61.6 Å². The molecular weight excluding hydrogens is 373 g/mol. The summed E-state index contributed by atoms with van der Waals surface area (Å²) in [6.07, 6.45) is -1.54. The number of nitrogens with zero attached hydrogens (tertiary/aromatic N) is 1. The maximum Gasteiger partial charge on any atom is 0.416 e. The highest BCUT2D eigenvalue weighted by Gasteiger charge is 2.57. The summed E-state index contributed by atoms with van der Waals surface area (Å²) < 4.78 is 44.5. The van der Waals surface area contributed by atoms with E-state index >= 15 is 0 Å². The predicted octanol–water partition coefficient (Wildman–Crippen LogP) is 4.50. The Morgan fingerprint density at radius 2 is 1.93 bits per heavy atom. The first-order valence-corrected chi connectivity index (χ1v) is 8.86. The number of phenolic OH excluding ortho intramolecular Hbond substituents is 1. The molecule has 1 amide bonds. The molecular formula is C20H15F3N2O3. The SMILES string of the molecule is O=C(NC12CC(C1)C2)c1ccc2oc(-c3cc(O)cc(C(F)(F)F)c3)nc2c1. The van der Waals surface area contributed by atoms with Crippen LogP contribution in [0.15, 0.2) is 40.8 Å². The van der Waals surface area contributed by atoms with Gasteiger partial charge in [-0.1, -0.05) is 0 Å². The number of rotatable bonds is 3. The van der Waals surface area contributed by atoms with Crippen molar-refractivity contribution in [2.24, 2.45) is 5.92 Å². The minimum absolute atomic E-state index is 0.00314. The second-order valence-corrected chi connectivity index (χ2v) is 7.68. The fraction of sp³-hybridized carbons (Fsp3) is 0.300. The number of fused-ring (bicyclic) bond motifs is 1. The van der Waals surface area contributed by atoms with Gasteiger partial charge in [0.2, 0.25) is 5.89 Å². The molecule has 0 aliphatic heterocycles. The van der Waals surface area contributed by atoms with Crippen molar-refractivity contribution in [3.63, 3.8) is 0 Å². The topological polar surface area (TPSA) is 75.4 Å². The molecule has 0 spiro atoms. The highest BCUT2D eigenvalue weighted by molar-refractivity contribution is 5.98. The molecule has 2 aromatic carbocycles. The van der Waals surface area contributed by atoms with Gasteiger partial charge in [0.25, 0.3) is 5.91 Å². The molecule has 6 rings (SSSR count). The lowest BCUT2D eigenvalue weighted by molar-refractivity contribution is -0.137. The van der Waals surface area contributed by atoms with Gasteiger partial charge in [0.1, 0.15) is 11.3 Å². The highest BCUT2D eigenvalue weighted by Crippen LogP contribution is 2.57. The average Bonchev–Trinajstić information content (AvgIpc) is 2.98. The lowest BCUT2D eigenvalue weighted by atomic mass is 9.50. The number of hydrogen-bond donors (Lipinski definition) is 2. The maximum absolute atomic E-state index is 13.0. The number of alkyl halides is 3. The van der Waals surface area contributed by atoms with E-state index in [1.165, 1.54) is 0 Å². The van der Waals surface area contributed by atoms with Gasteiger partial charge in [0.05, 0.1) is 5.56 Å². The molecule has 1 aromatic heterocycles. The first-order valence-electron chi connectivity index (χ1n) is 8.86. The van der Waals surface area contributed by atoms with E-state index in [0.29, 0.717) is 22.7 Å². The number of oxazole rings is 1. The standard InChI is InChI=1S/C20H15F3N2O3/c21-20(22,23)13-3-12(4-14(26)6-13)18-24-15-5-11(1-2-16(15)28-18)17(27)25-19-7-10(8-19)9-19/h1-6,10,26H,7-9H2,(H,25,27). The summed E-state index contributed by atoms with van der Waals surface area (Å²) in [4.78, 5) is 16.7. The number of halogens is 3. The summed E-state index contributed by atoms with van der Waals surface area (Å²) in [6, 6.07) is 7.37. The van der Waals surface area contributed by atoms with Crippen LogP contribution in [0.3, 0.4) is 0 Å². The van der Waals surface area contributed by atoms with Gasteiger partial charge < -0.3 is 14.8 Å². The molecule has 2 N–H and O–H groups in total. The lowest BCUT2D eigenvalue weighted by Gasteiger charge is -2.61. The van der Waals surface area contributed by atoms with E-state index in [2.05, 4.69) is 10.3 Å². The number of carbonyl (C=O) groups excluding carboxylic acids is 1. The van der Waals surface area contributed by atoms with E-state index in [-0.39, 0.29) is 22.9 Å². The molecule has 2 bridgehead atoms. The lowest BCUT2D eigenvalue weighted by Crippen LogP contribution is -2.68. The number of hydrogen-bond acceptors (Lipinski definition) is 4. The monoisotopic (exact) mass is 388 g/mol. The average molecular weight is 388 g/mol. The first-order chi connectivity index (χ1) is 13.2. The van der Waals surface area contributed by atoms with Crippen LogP contribution < -0.4 is 5.32 Å². The third kappa shape index (κ3) is 2.71. The molecule has 3 aliphatic carbocycles. The van der Waals surface area contributed by atoms with E-state index < -0.39 is 17.5 Å². The molecule has 28 heavy (non-hydrogen) atoms. The van der Waals surface area contributed by atoms with Crippen LogP contribution in [0.1, 0.15) is 35.2 Å². The number of nitrogens with one attached hydrogen (secondary N) is 1. The number of benzene rings is 2. The third-order valence-corrected chi connectivity index (χ3v) is 5.56. The summed E-state index contributed by atoms with van der Waals surface area (Å²) in [6.45, 7) is 0. The minimum atomic E-state index is -4.60. The molecule has 0 unspecified atom stereocenters. The summed E-state index contributed by atoms with van der Waals surface area (Å²) in [5.74, 6) is -0.0508. The van der Waals surface area contributed by atoms with Crippen molar-refractivity contribution in [2.75, 3.05) is 0 Å². The van der Waals surface area contributed by atoms with Crippen LogP contribution in [0.4, 0.5) is 13.2 Å². The van der Waals surface area contributed by atoms with Crippen LogP contribution in [0, 0.1) is 5.92 Å². The van der Waals surface area contributed by atoms with Crippen LogP contribution in [-0.4, -0.2) is 21.5 Å². The van der Waals surface area contributed by atoms with Crippen LogP contribution in [0.5, 0.6) is 5.75 Å². The minimum Gasteiger partial charge on any atom is -0.508 e. The first kappa shape index (κ1) is 17.1. The Kier molecular flexibility index (Phi) is 3.36. The van der Waals surface area contributed by atoms with Crippen molar-refractivity contribution < 1.29 is 27.5 Å². The summed E-state index contributed by atoms with van der Waals surface area (Å²) in [5, 5.41) is 12.7. The Morgan fingerprint density at radius 3 is 2.57 bits per heavy atom. The van der Waals surface area contributed by atoms with E-state index in [1.54, 1.807) is 18.2 Å². The zero-order chi connectivity index (χ0) is 19.7. The summed E-state index contributed by atoms with van der Waals surface area (Å²) >= 11 is 0. The fourth-order valence-corrected chi connectivity index (χ4v) is 4.03. The molecule has 0 radical (unpaired) electrons. The number of aromatic nitrogens is 1. The molecule has 1 heterocycles. The zero-order valence-corrected chi connectivity index (χ0v) is 14.5. The van der Waals surface area contributed by atoms with Crippen molar-refractivity contribution in [1.82, 2.24) is 10.3 Å². The summed E-state index contributed by atoms with van der Waals surface area (Å²) in [7, 11) is 0. The second-order valence-electron chi connectivity index (χ2n) is 7.68. The second kappa shape index (κ2) is 5.50. The van der Waals surface area contributed by atoms with Crippen LogP contribution in [0.25, 0.3) is 22.6 Å². The number of amides is 1. The number of carbonyl (C=O) groups is 1. The predicted molar refractivity (Wildman–Crippen MR) is 93.7 cm³/mol. The largest absolute Gasteiger partial charge is 0.508 e. The highest BCUT2D eigenvalue weighted by atomic mass is 19.4. The Hall–Kier alpha value is -3.03. The molecule has 0 atom stereocenters. The van der Waals surface area contributed by atoms with Crippen LogP contribution in [0.2, 0.25) is 0 Å².